The van der Waals surface area contributed by atoms with Crippen LogP contribution in [-0.4, -0.2) is 40.8 Å². The molecular weight excluding hydrogens is 456 g/mol. The Hall–Kier alpha value is -3.96. The van der Waals surface area contributed by atoms with E-state index in [4.69, 9.17) is 4.74 Å². The predicted octanol–water partition coefficient (Wildman–Crippen LogP) is 6.48. The first kappa shape index (κ1) is 23.4. The van der Waals surface area contributed by atoms with Gasteiger partial charge in [0, 0.05) is 35.9 Å². The normalized spacial score (nSPS) is 18.2. The van der Waals surface area contributed by atoms with Gasteiger partial charge in [0.2, 0.25) is 0 Å². The number of fused-ring (bicyclic) bond motifs is 2. The van der Waals surface area contributed by atoms with Gasteiger partial charge in [-0.2, -0.15) is 5.10 Å². The third-order valence-electron chi connectivity index (χ3n) is 7.56. The zero-order chi connectivity index (χ0) is 25.0. The van der Waals surface area contributed by atoms with Crippen molar-refractivity contribution in [3.05, 3.63) is 108 Å². The molecule has 1 aliphatic heterocycles. The zero-order valence-corrected chi connectivity index (χ0v) is 21.2. The van der Waals surface area contributed by atoms with Crippen molar-refractivity contribution < 1.29 is 4.74 Å². The van der Waals surface area contributed by atoms with Gasteiger partial charge in [0.15, 0.2) is 5.82 Å². The molecule has 5 nitrogen and oxygen atoms in total. The third-order valence-corrected chi connectivity index (χ3v) is 7.56. The molecule has 1 fully saturated rings. The van der Waals surface area contributed by atoms with Crippen molar-refractivity contribution in [2.45, 2.75) is 37.9 Å². The maximum atomic E-state index is 5.39. The maximum absolute atomic E-state index is 5.39. The Morgan fingerprint density at radius 1 is 0.865 bits per heavy atom. The smallest absolute Gasteiger partial charge is 0.156 e. The highest BCUT2D eigenvalue weighted by Gasteiger charge is 2.29. The monoisotopic (exact) mass is 488 g/mol. The average Bonchev–Trinajstić information content (AvgIpc) is 2.95. The lowest BCUT2D eigenvalue weighted by Crippen LogP contribution is -2.47. The molecule has 1 aliphatic rings. The molecule has 0 bridgehead atoms. The molecule has 1 N–H and O–H groups in total. The molecule has 5 aromatic rings. The summed E-state index contributed by atoms with van der Waals surface area (Å²) in [5, 5.41) is 17.2. The van der Waals surface area contributed by atoms with E-state index in [0.29, 0.717) is 12.1 Å². The minimum atomic E-state index is 0.337. The second-order valence-corrected chi connectivity index (χ2v) is 10.0. The average molecular weight is 489 g/mol. The number of aromatic nitrogens is 2. The molecule has 2 unspecified atom stereocenters. The van der Waals surface area contributed by atoms with E-state index in [1.54, 1.807) is 13.3 Å². The highest BCUT2D eigenvalue weighted by molar-refractivity contribution is 5.92. The first-order valence-corrected chi connectivity index (χ1v) is 13.1. The summed E-state index contributed by atoms with van der Waals surface area (Å²) in [5.74, 6) is 1.68. The van der Waals surface area contributed by atoms with E-state index >= 15 is 0 Å². The van der Waals surface area contributed by atoms with Crippen LogP contribution in [0, 0.1) is 0 Å². The van der Waals surface area contributed by atoms with Crippen LogP contribution < -0.4 is 10.1 Å². The molecule has 0 radical (unpaired) electrons. The fourth-order valence-corrected chi connectivity index (χ4v) is 5.60. The summed E-state index contributed by atoms with van der Waals surface area (Å²) < 4.78 is 5.39. The van der Waals surface area contributed by atoms with E-state index in [1.807, 2.05) is 12.1 Å². The lowest BCUT2D eigenvalue weighted by Gasteiger charge is -2.40. The van der Waals surface area contributed by atoms with E-state index in [0.717, 1.165) is 54.7 Å². The number of hydrogen-bond acceptors (Lipinski definition) is 5. The molecule has 0 spiro atoms. The number of rotatable bonds is 7. The summed E-state index contributed by atoms with van der Waals surface area (Å²) in [6.07, 6.45) is 4.95. The summed E-state index contributed by atoms with van der Waals surface area (Å²) in [6.45, 7) is 2.00. The number of piperidine rings is 1. The second kappa shape index (κ2) is 10.6. The number of nitrogens with one attached hydrogen (secondary N) is 1. The Morgan fingerprint density at radius 3 is 2.57 bits per heavy atom. The Kier molecular flexibility index (Phi) is 6.70. The summed E-state index contributed by atoms with van der Waals surface area (Å²) in [7, 11) is 1.69. The first-order chi connectivity index (χ1) is 18.2. The topological polar surface area (TPSA) is 50.3 Å². The first-order valence-electron chi connectivity index (χ1n) is 13.1. The van der Waals surface area contributed by atoms with Crippen LogP contribution in [0.3, 0.4) is 0 Å². The molecule has 0 aliphatic carbocycles. The summed E-state index contributed by atoms with van der Waals surface area (Å²) in [4.78, 5) is 2.66. The summed E-state index contributed by atoms with van der Waals surface area (Å²) in [5.41, 5.74) is 2.76. The Balaban J connectivity index is 1.23. The van der Waals surface area contributed by atoms with Crippen LogP contribution in [0.25, 0.3) is 21.5 Å². The predicted molar refractivity (Wildman–Crippen MR) is 151 cm³/mol. The van der Waals surface area contributed by atoms with Crippen LogP contribution in [0.4, 0.5) is 5.82 Å². The quantitative estimate of drug-likeness (QED) is 0.284. The van der Waals surface area contributed by atoms with Gasteiger partial charge >= 0.3 is 0 Å². The largest absolute Gasteiger partial charge is 0.497 e. The van der Waals surface area contributed by atoms with Crippen LogP contribution in [0.2, 0.25) is 0 Å². The molecule has 0 saturated carbocycles. The molecule has 0 amide bonds. The number of benzene rings is 4. The minimum Gasteiger partial charge on any atom is -0.497 e. The van der Waals surface area contributed by atoms with Gasteiger partial charge in [0.05, 0.1) is 13.3 Å². The van der Waals surface area contributed by atoms with Gasteiger partial charge in [-0.1, -0.05) is 66.7 Å². The van der Waals surface area contributed by atoms with Crippen molar-refractivity contribution in [3.8, 4) is 5.75 Å². The van der Waals surface area contributed by atoms with Crippen molar-refractivity contribution in [2.24, 2.45) is 0 Å². The molecular formula is C32H32N4O. The molecule has 37 heavy (non-hydrogen) atoms. The van der Waals surface area contributed by atoms with Crippen molar-refractivity contribution in [2.75, 3.05) is 19.0 Å². The molecule has 186 valence electrons. The minimum absolute atomic E-state index is 0.337. The van der Waals surface area contributed by atoms with Crippen LogP contribution in [0.15, 0.2) is 97.2 Å². The van der Waals surface area contributed by atoms with Gasteiger partial charge < -0.3 is 10.1 Å². The van der Waals surface area contributed by atoms with E-state index in [9.17, 15) is 0 Å². The lowest BCUT2D eigenvalue weighted by molar-refractivity contribution is 0.131. The third kappa shape index (κ3) is 5.27. The van der Waals surface area contributed by atoms with Crippen molar-refractivity contribution in [1.82, 2.24) is 15.1 Å². The highest BCUT2D eigenvalue weighted by Crippen LogP contribution is 2.29. The van der Waals surface area contributed by atoms with E-state index in [-0.39, 0.29) is 0 Å². The molecule has 6 rings (SSSR count). The number of likely N-dealkylation sites (tertiary alicyclic amines) is 1. The van der Waals surface area contributed by atoms with Crippen LogP contribution in [0.1, 0.15) is 24.0 Å². The van der Waals surface area contributed by atoms with Crippen LogP contribution in [0.5, 0.6) is 5.75 Å². The molecule has 4 aromatic carbocycles. The fraction of sp³-hybridized carbons (Fsp3) is 0.250. The van der Waals surface area contributed by atoms with Crippen molar-refractivity contribution in [3.63, 3.8) is 0 Å². The zero-order valence-electron chi connectivity index (χ0n) is 21.2. The Morgan fingerprint density at radius 2 is 1.70 bits per heavy atom. The lowest BCUT2D eigenvalue weighted by atomic mass is 9.91. The molecule has 2 atom stereocenters. The van der Waals surface area contributed by atoms with Crippen LogP contribution >= 0.6 is 0 Å². The van der Waals surface area contributed by atoms with Gasteiger partial charge in [-0.3, -0.25) is 4.90 Å². The maximum Gasteiger partial charge on any atom is 0.156 e. The molecule has 5 heteroatoms. The van der Waals surface area contributed by atoms with E-state index in [2.05, 4.69) is 99.3 Å². The SMILES string of the molecule is COc1ccc2c(NC3CCN(Cc4ccc5ccccc5c4)C(Cc4ccccc4)C3)nncc2c1. The standard InChI is InChI=1S/C32H32N4O/c1-37-30-13-14-31-27(19-30)21-33-35-32(31)34-28-15-16-36(29(20-28)18-23-7-3-2-4-8-23)22-24-11-12-25-9-5-6-10-26(25)17-24/h2-14,17,19,21,28-29H,15-16,18,20,22H2,1H3,(H,34,35). The van der Waals surface area contributed by atoms with Crippen molar-refractivity contribution >= 4 is 27.4 Å². The fourth-order valence-electron chi connectivity index (χ4n) is 5.60. The van der Waals surface area contributed by atoms with Gasteiger partial charge in [0.25, 0.3) is 0 Å². The van der Waals surface area contributed by atoms with E-state index in [1.165, 1.54) is 21.9 Å². The molecule has 1 aromatic heterocycles. The van der Waals surface area contributed by atoms with Crippen LogP contribution in [-0.2, 0) is 13.0 Å². The number of hydrogen-bond donors (Lipinski definition) is 1. The number of ether oxygens (including phenoxy) is 1. The molecule has 1 saturated heterocycles. The van der Waals surface area contributed by atoms with Gasteiger partial charge in [0.1, 0.15) is 5.75 Å². The van der Waals surface area contributed by atoms with Gasteiger partial charge in [-0.15, -0.1) is 5.10 Å². The Labute approximate surface area is 218 Å². The number of methoxy groups -OCH3 is 1. The Bertz CT molecular complexity index is 1500. The number of anilines is 1. The summed E-state index contributed by atoms with van der Waals surface area (Å²) in [6, 6.07) is 33.2. The second-order valence-electron chi connectivity index (χ2n) is 10.0. The van der Waals surface area contributed by atoms with Gasteiger partial charge in [-0.25, -0.2) is 0 Å². The van der Waals surface area contributed by atoms with E-state index < -0.39 is 0 Å². The number of nitrogens with zero attached hydrogens (tertiary/aromatic N) is 3. The summed E-state index contributed by atoms with van der Waals surface area (Å²) >= 11 is 0. The molecule has 2 heterocycles. The van der Waals surface area contributed by atoms with Crippen molar-refractivity contribution in [1.29, 1.82) is 0 Å². The van der Waals surface area contributed by atoms with Gasteiger partial charge in [-0.05, 0) is 65.4 Å². The highest BCUT2D eigenvalue weighted by atomic mass is 16.5.